The fraction of sp³-hybridized carbons (Fsp3) is 0.200. The molecule has 0 aliphatic carbocycles. The minimum absolute atomic E-state index is 0.000253. The zero-order valence-corrected chi connectivity index (χ0v) is 13.3. The van der Waals surface area contributed by atoms with E-state index < -0.39 is 0 Å². The van der Waals surface area contributed by atoms with Crippen LogP contribution in [-0.2, 0) is 6.42 Å². The number of carbonyl (C=O) groups is 1. The molecule has 2 aromatic rings. The summed E-state index contributed by atoms with van der Waals surface area (Å²) in [6.07, 6.45) is 0.880. The minimum Gasteiger partial charge on any atom is -0.384 e. The van der Waals surface area contributed by atoms with Crippen LogP contribution in [0.2, 0.25) is 0 Å². The van der Waals surface area contributed by atoms with Gasteiger partial charge in [-0.2, -0.15) is 5.26 Å². The van der Waals surface area contributed by atoms with Gasteiger partial charge in [-0.15, -0.1) is 11.3 Å². The maximum atomic E-state index is 11.4. The third-order valence-electron chi connectivity index (χ3n) is 2.86. The maximum absolute atomic E-state index is 11.4. The first kappa shape index (κ1) is 14.8. The molecule has 0 fully saturated rings. The van der Waals surface area contributed by atoms with E-state index >= 15 is 0 Å². The lowest BCUT2D eigenvalue weighted by Crippen LogP contribution is -2.06. The summed E-state index contributed by atoms with van der Waals surface area (Å²) in [6, 6.07) is 11.3. The first-order chi connectivity index (χ1) is 9.60. The van der Waals surface area contributed by atoms with E-state index in [2.05, 4.69) is 33.4 Å². The summed E-state index contributed by atoms with van der Waals surface area (Å²) < 4.78 is 1.11. The van der Waals surface area contributed by atoms with Crippen LogP contribution in [0.4, 0.5) is 5.69 Å². The van der Waals surface area contributed by atoms with E-state index in [9.17, 15) is 4.79 Å². The highest BCUT2D eigenvalue weighted by Crippen LogP contribution is 2.23. The Morgan fingerprint density at radius 2 is 2.20 bits per heavy atom. The molecule has 102 valence electrons. The van der Waals surface area contributed by atoms with Gasteiger partial charge in [-0.05, 0) is 59.6 Å². The van der Waals surface area contributed by atoms with Crippen LogP contribution < -0.4 is 5.32 Å². The molecule has 0 saturated carbocycles. The molecule has 0 unspecified atom stereocenters. The molecule has 0 spiro atoms. The van der Waals surface area contributed by atoms with E-state index in [-0.39, 0.29) is 5.78 Å². The van der Waals surface area contributed by atoms with Crippen molar-refractivity contribution < 1.29 is 4.79 Å². The zero-order valence-electron chi connectivity index (χ0n) is 10.9. The van der Waals surface area contributed by atoms with Crippen LogP contribution in [0.15, 0.2) is 34.1 Å². The molecular weight excluding hydrogens is 336 g/mol. The average molecular weight is 349 g/mol. The Morgan fingerprint density at radius 1 is 1.40 bits per heavy atom. The summed E-state index contributed by atoms with van der Waals surface area (Å²) in [5.74, 6) is -0.000253. The fourth-order valence-electron chi connectivity index (χ4n) is 1.81. The molecule has 0 amide bonds. The molecule has 5 heteroatoms. The van der Waals surface area contributed by atoms with Crippen LogP contribution in [0.25, 0.3) is 0 Å². The highest BCUT2D eigenvalue weighted by molar-refractivity contribution is 9.11. The molecule has 1 aromatic heterocycles. The highest BCUT2D eigenvalue weighted by atomic mass is 79.9. The van der Waals surface area contributed by atoms with Gasteiger partial charge < -0.3 is 5.32 Å². The molecule has 1 aromatic carbocycles. The summed E-state index contributed by atoms with van der Waals surface area (Å²) >= 11 is 5.13. The van der Waals surface area contributed by atoms with Crippen molar-refractivity contribution >= 4 is 38.7 Å². The summed E-state index contributed by atoms with van der Waals surface area (Å²) in [5, 5.41) is 12.3. The first-order valence-corrected chi connectivity index (χ1v) is 7.74. The number of Topliss-reactive ketones (excluding diaryl/α,β-unsaturated/α-hetero) is 1. The van der Waals surface area contributed by atoms with Crippen molar-refractivity contribution in [2.45, 2.75) is 13.3 Å². The number of ketones is 1. The molecule has 0 aliphatic heterocycles. The Morgan fingerprint density at radius 3 is 2.80 bits per heavy atom. The summed E-state index contributed by atoms with van der Waals surface area (Å²) in [7, 11) is 0. The van der Waals surface area contributed by atoms with Crippen LogP contribution in [0.3, 0.4) is 0 Å². The van der Waals surface area contributed by atoms with E-state index in [1.165, 1.54) is 11.8 Å². The predicted molar refractivity (Wildman–Crippen MR) is 85.4 cm³/mol. The largest absolute Gasteiger partial charge is 0.384 e. The minimum atomic E-state index is -0.000253. The van der Waals surface area contributed by atoms with Crippen LogP contribution in [-0.4, -0.2) is 12.3 Å². The van der Waals surface area contributed by atoms with Crippen molar-refractivity contribution in [1.82, 2.24) is 0 Å². The van der Waals surface area contributed by atoms with Crippen LogP contribution in [0.5, 0.6) is 0 Å². The Hall–Kier alpha value is -1.64. The molecule has 0 atom stereocenters. The second-order valence-corrected chi connectivity index (χ2v) is 6.86. The number of anilines is 1. The molecule has 2 rings (SSSR count). The third kappa shape index (κ3) is 3.69. The number of rotatable bonds is 5. The standard InChI is InChI=1S/C15H13BrN2OS/c1-10(19)11-2-3-12(9-17)14(8-11)18-7-6-13-4-5-15(16)20-13/h2-5,8,18H,6-7H2,1H3. The summed E-state index contributed by atoms with van der Waals surface area (Å²) in [6.45, 7) is 2.25. The molecule has 0 radical (unpaired) electrons. The van der Waals surface area contributed by atoms with Gasteiger partial charge in [-0.3, -0.25) is 4.79 Å². The topological polar surface area (TPSA) is 52.9 Å². The second kappa shape index (κ2) is 6.69. The number of benzene rings is 1. The number of nitriles is 1. The first-order valence-electron chi connectivity index (χ1n) is 6.13. The monoisotopic (exact) mass is 348 g/mol. The number of halogens is 1. The SMILES string of the molecule is CC(=O)c1ccc(C#N)c(NCCc2ccc(Br)s2)c1. The number of thiophene rings is 1. The van der Waals surface area contributed by atoms with Crippen molar-refractivity contribution in [3.8, 4) is 6.07 Å². The summed E-state index contributed by atoms with van der Waals surface area (Å²) in [5.41, 5.74) is 1.89. The van der Waals surface area contributed by atoms with E-state index in [1.54, 1.807) is 29.5 Å². The van der Waals surface area contributed by atoms with Gasteiger partial charge in [0.25, 0.3) is 0 Å². The summed E-state index contributed by atoms with van der Waals surface area (Å²) in [4.78, 5) is 12.7. The molecule has 1 N–H and O–H groups in total. The number of hydrogen-bond donors (Lipinski definition) is 1. The van der Waals surface area contributed by atoms with Gasteiger partial charge in [-0.1, -0.05) is 0 Å². The van der Waals surface area contributed by atoms with Crippen molar-refractivity contribution in [2.75, 3.05) is 11.9 Å². The second-order valence-electron chi connectivity index (χ2n) is 4.31. The van der Waals surface area contributed by atoms with Crippen LogP contribution >= 0.6 is 27.3 Å². The van der Waals surface area contributed by atoms with E-state index in [0.29, 0.717) is 11.1 Å². The Kier molecular flexibility index (Phi) is 4.94. The van der Waals surface area contributed by atoms with E-state index in [1.807, 2.05) is 6.07 Å². The Balaban J connectivity index is 2.06. The van der Waals surface area contributed by atoms with E-state index in [4.69, 9.17) is 5.26 Å². The van der Waals surface area contributed by atoms with E-state index in [0.717, 1.165) is 22.4 Å². The number of carbonyl (C=O) groups excluding carboxylic acids is 1. The van der Waals surface area contributed by atoms with Gasteiger partial charge in [0.15, 0.2) is 5.78 Å². The van der Waals surface area contributed by atoms with Gasteiger partial charge in [0, 0.05) is 17.0 Å². The lowest BCUT2D eigenvalue weighted by atomic mass is 10.1. The highest BCUT2D eigenvalue weighted by Gasteiger charge is 2.06. The molecular formula is C15H13BrN2OS. The van der Waals surface area contributed by atoms with Gasteiger partial charge in [0.2, 0.25) is 0 Å². The van der Waals surface area contributed by atoms with Crippen LogP contribution in [0.1, 0.15) is 27.7 Å². The molecule has 3 nitrogen and oxygen atoms in total. The molecule has 0 aliphatic rings. The average Bonchev–Trinajstić information content (AvgIpc) is 2.84. The van der Waals surface area contributed by atoms with Crippen molar-refractivity contribution in [3.63, 3.8) is 0 Å². The normalized spacial score (nSPS) is 10.1. The van der Waals surface area contributed by atoms with Crippen molar-refractivity contribution in [2.24, 2.45) is 0 Å². The van der Waals surface area contributed by atoms with Gasteiger partial charge in [0.05, 0.1) is 15.0 Å². The third-order valence-corrected chi connectivity index (χ3v) is 4.55. The van der Waals surface area contributed by atoms with Gasteiger partial charge in [0.1, 0.15) is 6.07 Å². The molecule has 1 heterocycles. The van der Waals surface area contributed by atoms with Gasteiger partial charge >= 0.3 is 0 Å². The number of nitrogens with zero attached hydrogens (tertiary/aromatic N) is 1. The lowest BCUT2D eigenvalue weighted by Gasteiger charge is -2.08. The lowest BCUT2D eigenvalue weighted by molar-refractivity contribution is 0.101. The smallest absolute Gasteiger partial charge is 0.159 e. The molecule has 0 saturated heterocycles. The fourth-order valence-corrected chi connectivity index (χ4v) is 3.30. The Labute approximate surface area is 130 Å². The zero-order chi connectivity index (χ0) is 14.5. The van der Waals surface area contributed by atoms with Crippen LogP contribution in [0, 0.1) is 11.3 Å². The number of hydrogen-bond acceptors (Lipinski definition) is 4. The van der Waals surface area contributed by atoms with Crippen molar-refractivity contribution in [1.29, 1.82) is 5.26 Å². The predicted octanol–water partition coefficient (Wildman–Crippen LogP) is 4.24. The maximum Gasteiger partial charge on any atom is 0.159 e. The number of nitrogens with one attached hydrogen (secondary N) is 1. The Bertz CT molecular complexity index is 673. The van der Waals surface area contributed by atoms with Crippen molar-refractivity contribution in [3.05, 3.63) is 50.1 Å². The molecule has 0 bridgehead atoms. The van der Waals surface area contributed by atoms with Gasteiger partial charge in [-0.25, -0.2) is 0 Å². The molecule has 20 heavy (non-hydrogen) atoms. The quantitative estimate of drug-likeness (QED) is 0.822.